The van der Waals surface area contributed by atoms with Gasteiger partial charge in [-0.25, -0.2) is 0 Å². The van der Waals surface area contributed by atoms with Crippen LogP contribution in [0.5, 0.6) is 0 Å². The van der Waals surface area contributed by atoms with E-state index >= 15 is 0 Å². The third kappa shape index (κ3) is 2.59. The molecule has 0 saturated carbocycles. The van der Waals surface area contributed by atoms with Gasteiger partial charge in [0.1, 0.15) is 0 Å². The number of nitrogens with zero attached hydrogens (tertiary/aromatic N) is 1. The van der Waals surface area contributed by atoms with Crippen LogP contribution >= 0.6 is 0 Å². The maximum absolute atomic E-state index is 10.9. The summed E-state index contributed by atoms with van der Waals surface area (Å²) in [6.07, 6.45) is 4.93. The Morgan fingerprint density at radius 3 is 2.40 bits per heavy atom. The van der Waals surface area contributed by atoms with Crippen LogP contribution in [-0.4, -0.2) is 28.1 Å². The lowest BCUT2D eigenvalue weighted by atomic mass is 9.86. The summed E-state index contributed by atoms with van der Waals surface area (Å²) in [6, 6.07) is 12.3. The zero-order chi connectivity index (χ0) is 14.1. The van der Waals surface area contributed by atoms with Crippen LogP contribution in [0.15, 0.2) is 30.3 Å². The Labute approximate surface area is 120 Å². The molecule has 1 N–H and O–H groups in total. The van der Waals surface area contributed by atoms with Crippen molar-refractivity contribution in [1.29, 1.82) is 0 Å². The second-order valence-corrected chi connectivity index (χ2v) is 6.35. The molecule has 1 aromatic rings. The van der Waals surface area contributed by atoms with Gasteiger partial charge in [0.15, 0.2) is 0 Å². The molecule has 1 aromatic carbocycles. The standard InChI is InChI=1S/C17H23NO2/c1-12(14-5-3-2-4-6-14)18-15-7-8-16(18)10-13(9-15)11-17(19)20/h2-6,12-13,15-16H,7-11H2,1H3,(H,19,20). The Kier molecular flexibility index (Phi) is 3.79. The topological polar surface area (TPSA) is 40.5 Å². The molecule has 0 radical (unpaired) electrons. The smallest absolute Gasteiger partial charge is 0.303 e. The van der Waals surface area contributed by atoms with Gasteiger partial charge in [-0.3, -0.25) is 9.69 Å². The second kappa shape index (κ2) is 5.57. The highest BCUT2D eigenvalue weighted by Crippen LogP contribution is 2.44. The SMILES string of the molecule is CC(c1ccccc1)N1C2CCC1CC(CC(=O)O)C2. The summed E-state index contributed by atoms with van der Waals surface area (Å²) in [5.74, 6) is -0.261. The molecule has 3 unspecified atom stereocenters. The zero-order valence-corrected chi connectivity index (χ0v) is 12.0. The van der Waals surface area contributed by atoms with Crippen molar-refractivity contribution in [2.75, 3.05) is 0 Å². The van der Waals surface area contributed by atoms with Crippen LogP contribution in [0, 0.1) is 5.92 Å². The first-order chi connectivity index (χ1) is 9.65. The summed E-state index contributed by atoms with van der Waals surface area (Å²) < 4.78 is 0. The van der Waals surface area contributed by atoms with E-state index in [1.807, 2.05) is 0 Å². The van der Waals surface area contributed by atoms with Crippen molar-refractivity contribution in [3.8, 4) is 0 Å². The predicted molar refractivity (Wildman–Crippen MR) is 78.5 cm³/mol. The van der Waals surface area contributed by atoms with Gasteiger partial charge in [-0.05, 0) is 44.1 Å². The van der Waals surface area contributed by atoms with Crippen LogP contribution < -0.4 is 0 Å². The lowest BCUT2D eigenvalue weighted by Gasteiger charge is -2.42. The fourth-order valence-electron chi connectivity index (χ4n) is 4.28. The normalized spacial score (nSPS) is 31.1. The van der Waals surface area contributed by atoms with Crippen molar-refractivity contribution in [1.82, 2.24) is 4.90 Å². The van der Waals surface area contributed by atoms with Gasteiger partial charge in [-0.15, -0.1) is 0 Å². The van der Waals surface area contributed by atoms with E-state index in [4.69, 9.17) is 5.11 Å². The van der Waals surface area contributed by atoms with E-state index in [0.29, 0.717) is 30.5 Å². The van der Waals surface area contributed by atoms with Gasteiger partial charge in [0.25, 0.3) is 0 Å². The number of hydrogen-bond donors (Lipinski definition) is 1. The number of aliphatic carboxylic acids is 1. The number of hydrogen-bond acceptors (Lipinski definition) is 2. The van der Waals surface area contributed by atoms with Crippen LogP contribution in [0.3, 0.4) is 0 Å². The molecule has 0 spiro atoms. The van der Waals surface area contributed by atoms with E-state index in [0.717, 1.165) is 12.8 Å². The summed E-state index contributed by atoms with van der Waals surface area (Å²) in [4.78, 5) is 13.6. The first kappa shape index (κ1) is 13.6. The molecule has 2 bridgehead atoms. The zero-order valence-electron chi connectivity index (χ0n) is 12.0. The first-order valence-electron chi connectivity index (χ1n) is 7.69. The largest absolute Gasteiger partial charge is 0.481 e. The molecule has 3 heteroatoms. The summed E-state index contributed by atoms with van der Waals surface area (Å²) in [6.45, 7) is 2.29. The number of fused-ring (bicyclic) bond motifs is 2. The van der Waals surface area contributed by atoms with Gasteiger partial charge >= 0.3 is 5.97 Å². The fourth-order valence-corrected chi connectivity index (χ4v) is 4.28. The minimum Gasteiger partial charge on any atom is -0.481 e. The third-order valence-electron chi connectivity index (χ3n) is 5.08. The second-order valence-electron chi connectivity index (χ2n) is 6.35. The van der Waals surface area contributed by atoms with Gasteiger partial charge in [-0.2, -0.15) is 0 Å². The van der Waals surface area contributed by atoms with E-state index in [1.54, 1.807) is 0 Å². The molecule has 2 aliphatic heterocycles. The van der Waals surface area contributed by atoms with Crippen LogP contribution in [0.1, 0.15) is 50.6 Å². The van der Waals surface area contributed by atoms with Gasteiger partial charge in [0, 0.05) is 24.5 Å². The van der Waals surface area contributed by atoms with Crippen LogP contribution in [-0.2, 0) is 4.79 Å². The maximum atomic E-state index is 10.9. The third-order valence-corrected chi connectivity index (χ3v) is 5.08. The molecule has 3 nitrogen and oxygen atoms in total. The summed E-state index contributed by atoms with van der Waals surface area (Å²) in [5, 5.41) is 9.00. The fraction of sp³-hybridized carbons (Fsp3) is 0.588. The van der Waals surface area contributed by atoms with E-state index in [-0.39, 0.29) is 0 Å². The van der Waals surface area contributed by atoms with Gasteiger partial charge < -0.3 is 5.11 Å². The Morgan fingerprint density at radius 2 is 1.85 bits per heavy atom. The van der Waals surface area contributed by atoms with Crippen molar-refractivity contribution in [2.24, 2.45) is 5.92 Å². The molecule has 2 aliphatic rings. The van der Waals surface area contributed by atoms with E-state index in [9.17, 15) is 4.79 Å². The number of carboxylic acid groups (broad SMARTS) is 1. The van der Waals surface area contributed by atoms with Crippen molar-refractivity contribution >= 4 is 5.97 Å². The van der Waals surface area contributed by atoms with Crippen LogP contribution in [0.4, 0.5) is 0 Å². The number of carboxylic acids is 1. The molecule has 20 heavy (non-hydrogen) atoms. The molecular formula is C17H23NO2. The molecule has 2 heterocycles. The average molecular weight is 273 g/mol. The average Bonchev–Trinajstić information content (AvgIpc) is 2.70. The highest BCUT2D eigenvalue weighted by molar-refractivity contribution is 5.67. The molecule has 108 valence electrons. The Balaban J connectivity index is 1.72. The lowest BCUT2D eigenvalue weighted by molar-refractivity contribution is -0.138. The molecule has 2 fully saturated rings. The first-order valence-corrected chi connectivity index (χ1v) is 7.69. The van der Waals surface area contributed by atoms with Gasteiger partial charge in [0.2, 0.25) is 0 Å². The molecule has 0 aromatic heterocycles. The summed E-state index contributed by atoms with van der Waals surface area (Å²) in [7, 11) is 0. The Hall–Kier alpha value is -1.35. The van der Waals surface area contributed by atoms with Crippen LogP contribution in [0.25, 0.3) is 0 Å². The van der Waals surface area contributed by atoms with Crippen molar-refractivity contribution in [3.05, 3.63) is 35.9 Å². The van der Waals surface area contributed by atoms with Crippen LogP contribution in [0.2, 0.25) is 0 Å². The number of carbonyl (C=O) groups is 1. The predicted octanol–water partition coefficient (Wildman–Crippen LogP) is 3.47. The monoisotopic (exact) mass is 273 g/mol. The lowest BCUT2D eigenvalue weighted by Crippen LogP contribution is -2.44. The van der Waals surface area contributed by atoms with E-state index < -0.39 is 5.97 Å². The summed E-state index contributed by atoms with van der Waals surface area (Å²) in [5.41, 5.74) is 1.38. The molecule has 3 atom stereocenters. The quantitative estimate of drug-likeness (QED) is 0.913. The maximum Gasteiger partial charge on any atom is 0.303 e. The molecular weight excluding hydrogens is 250 g/mol. The van der Waals surface area contributed by atoms with Crippen molar-refractivity contribution < 1.29 is 9.90 Å². The van der Waals surface area contributed by atoms with E-state index in [1.165, 1.54) is 18.4 Å². The highest BCUT2D eigenvalue weighted by atomic mass is 16.4. The number of piperidine rings is 1. The van der Waals surface area contributed by atoms with Gasteiger partial charge in [-0.1, -0.05) is 30.3 Å². The molecule has 2 saturated heterocycles. The van der Waals surface area contributed by atoms with Crippen molar-refractivity contribution in [3.63, 3.8) is 0 Å². The van der Waals surface area contributed by atoms with Crippen molar-refractivity contribution in [2.45, 2.75) is 57.2 Å². The van der Waals surface area contributed by atoms with Gasteiger partial charge in [0.05, 0.1) is 0 Å². The highest BCUT2D eigenvalue weighted by Gasteiger charge is 2.43. The minimum atomic E-state index is -0.640. The Bertz CT molecular complexity index is 459. The summed E-state index contributed by atoms with van der Waals surface area (Å²) >= 11 is 0. The molecule has 3 rings (SSSR count). The minimum absolute atomic E-state index is 0.348. The number of benzene rings is 1. The molecule has 0 aliphatic carbocycles. The Morgan fingerprint density at radius 1 is 1.25 bits per heavy atom. The van der Waals surface area contributed by atoms with E-state index in [2.05, 4.69) is 42.2 Å². The molecule has 0 amide bonds. The number of rotatable bonds is 4.